The smallest absolute Gasteiger partial charge is 0.309 e. The van der Waals surface area contributed by atoms with Crippen molar-refractivity contribution in [2.75, 3.05) is 18.5 Å². The quantitative estimate of drug-likeness (QED) is 0.440. The number of rotatable bonds is 6. The van der Waals surface area contributed by atoms with Crippen LogP contribution in [-0.4, -0.2) is 35.0 Å². The third kappa shape index (κ3) is 4.78. The summed E-state index contributed by atoms with van der Waals surface area (Å²) in [4.78, 5) is 15.3. The van der Waals surface area contributed by atoms with Crippen molar-refractivity contribution in [2.24, 2.45) is 11.3 Å². The summed E-state index contributed by atoms with van der Waals surface area (Å²) in [7, 11) is 2.24. The van der Waals surface area contributed by atoms with E-state index in [-0.39, 0.29) is 0 Å². The second kappa shape index (κ2) is 9.52. The summed E-state index contributed by atoms with van der Waals surface area (Å²) >= 11 is 8.65. The second-order valence-corrected chi connectivity index (χ2v) is 11.7. The third-order valence-corrected chi connectivity index (χ3v) is 9.37. The van der Waals surface area contributed by atoms with E-state index in [0.717, 1.165) is 35.7 Å². The molecule has 176 valence electrons. The number of nitrogens with zero attached hydrogens (tertiary/aromatic N) is 2. The molecule has 6 heteroatoms. The molecule has 4 nitrogen and oxygen atoms in total. The van der Waals surface area contributed by atoms with E-state index in [9.17, 15) is 9.90 Å². The summed E-state index contributed by atoms with van der Waals surface area (Å²) < 4.78 is 2.47. The van der Waals surface area contributed by atoms with Gasteiger partial charge in [0, 0.05) is 28.2 Å². The van der Waals surface area contributed by atoms with Crippen LogP contribution in [0.2, 0.25) is 5.02 Å². The Kier molecular flexibility index (Phi) is 6.65. The minimum atomic E-state index is -0.659. The molecule has 2 aliphatic carbocycles. The lowest BCUT2D eigenvalue weighted by atomic mass is 9.83. The first-order valence-corrected chi connectivity index (χ1v) is 13.4. The highest BCUT2D eigenvalue weighted by atomic mass is 35.5. The number of anilines is 2. The van der Waals surface area contributed by atoms with Gasteiger partial charge in [0.25, 0.3) is 0 Å². The van der Waals surface area contributed by atoms with Gasteiger partial charge >= 0.3 is 5.97 Å². The van der Waals surface area contributed by atoms with Gasteiger partial charge in [-0.2, -0.15) is 0 Å². The summed E-state index contributed by atoms with van der Waals surface area (Å²) in [6, 6.07) is 15.4. The van der Waals surface area contributed by atoms with Gasteiger partial charge in [-0.1, -0.05) is 49.1 Å². The molecule has 3 aliphatic rings. The van der Waals surface area contributed by atoms with E-state index in [1.807, 2.05) is 11.9 Å². The maximum Gasteiger partial charge on any atom is 0.309 e. The highest BCUT2D eigenvalue weighted by Crippen LogP contribution is 2.51. The number of aryl methyl sites for hydroxylation is 1. The number of carboxylic acid groups (broad SMARTS) is 1. The van der Waals surface area contributed by atoms with Crippen molar-refractivity contribution in [1.29, 1.82) is 0 Å². The molecule has 2 fully saturated rings. The van der Waals surface area contributed by atoms with E-state index in [1.165, 1.54) is 42.7 Å². The van der Waals surface area contributed by atoms with Crippen molar-refractivity contribution in [3.05, 3.63) is 53.1 Å². The summed E-state index contributed by atoms with van der Waals surface area (Å²) in [5.74, 6) is 0.0464. The van der Waals surface area contributed by atoms with Crippen molar-refractivity contribution in [3.8, 4) is 0 Å². The molecule has 2 aromatic rings. The Labute approximate surface area is 206 Å². The minimum Gasteiger partial charge on any atom is -0.481 e. The molecule has 1 N–H and O–H groups in total. The van der Waals surface area contributed by atoms with Crippen LogP contribution in [-0.2, 0) is 11.2 Å². The number of para-hydroxylation sites is 1. The van der Waals surface area contributed by atoms with E-state index < -0.39 is 11.4 Å². The van der Waals surface area contributed by atoms with Crippen LogP contribution in [0, 0.1) is 11.3 Å². The van der Waals surface area contributed by atoms with Crippen molar-refractivity contribution in [1.82, 2.24) is 4.31 Å². The van der Waals surface area contributed by atoms with Crippen molar-refractivity contribution in [2.45, 2.75) is 68.7 Å². The number of hydrogen-bond donors (Lipinski definition) is 1. The van der Waals surface area contributed by atoms with Crippen molar-refractivity contribution >= 4 is 40.9 Å². The summed E-state index contributed by atoms with van der Waals surface area (Å²) in [6.07, 6.45) is 9.57. The molecule has 0 amide bonds. The van der Waals surface area contributed by atoms with Crippen molar-refractivity contribution < 1.29 is 9.90 Å². The summed E-state index contributed by atoms with van der Waals surface area (Å²) in [5, 5.41) is 10.3. The number of benzene rings is 2. The number of aliphatic carboxylic acids is 1. The first-order valence-electron chi connectivity index (χ1n) is 12.3. The predicted octanol–water partition coefficient (Wildman–Crippen LogP) is 7.18. The van der Waals surface area contributed by atoms with Crippen LogP contribution in [0.1, 0.15) is 56.9 Å². The lowest BCUT2D eigenvalue weighted by Gasteiger charge is -2.37. The second-order valence-electron chi connectivity index (χ2n) is 10.0. The number of hydrogen-bond acceptors (Lipinski definition) is 4. The molecule has 0 aromatic heterocycles. The van der Waals surface area contributed by atoms with E-state index in [4.69, 9.17) is 11.6 Å². The highest BCUT2D eigenvalue weighted by molar-refractivity contribution is 7.97. The van der Waals surface area contributed by atoms with Crippen LogP contribution in [0.25, 0.3) is 0 Å². The zero-order valence-corrected chi connectivity index (χ0v) is 20.9. The average molecular weight is 485 g/mol. The van der Waals surface area contributed by atoms with Gasteiger partial charge in [-0.25, -0.2) is 4.31 Å². The molecular weight excluding hydrogens is 452 g/mol. The Hall–Kier alpha value is -1.69. The van der Waals surface area contributed by atoms with Crippen LogP contribution in [0.4, 0.5) is 11.4 Å². The van der Waals surface area contributed by atoms with Gasteiger partial charge in [0.2, 0.25) is 0 Å². The SMILES string of the molecule is CN1Sc2cc(CCC3(C(=O)O)CC3)c(Cl)cc2N(c2ccccc2)C[C@H]1C1CCCCC1. The van der Waals surface area contributed by atoms with E-state index in [0.29, 0.717) is 24.8 Å². The predicted molar refractivity (Wildman–Crippen MR) is 137 cm³/mol. The molecule has 0 spiro atoms. The van der Waals surface area contributed by atoms with Gasteiger partial charge in [-0.3, -0.25) is 4.79 Å². The molecule has 0 unspecified atom stereocenters. The molecule has 1 aliphatic heterocycles. The average Bonchev–Trinajstić information content (AvgIpc) is 3.63. The molecule has 0 bridgehead atoms. The van der Waals surface area contributed by atoms with Gasteiger partial charge in [0.05, 0.1) is 11.1 Å². The van der Waals surface area contributed by atoms with Crippen LogP contribution < -0.4 is 4.90 Å². The maximum absolute atomic E-state index is 11.6. The fraction of sp³-hybridized carbons (Fsp3) is 0.519. The highest BCUT2D eigenvalue weighted by Gasteiger charge is 2.49. The largest absolute Gasteiger partial charge is 0.481 e. The standard InChI is InChI=1S/C27H33ClN2O2S/c1-29-24(19-8-4-2-5-9-19)18-30(21-10-6-3-7-11-21)23-17-22(28)20(16-25(23)33-29)12-13-27(14-15-27)26(31)32/h3,6-7,10-11,16-17,19,24H,2,4-5,8-9,12-15,18H2,1H3,(H,31,32)/t24-/m0/s1. The lowest BCUT2D eigenvalue weighted by Crippen LogP contribution is -2.42. The topological polar surface area (TPSA) is 43.8 Å². The summed E-state index contributed by atoms with van der Waals surface area (Å²) in [6.45, 7) is 0.947. The Balaban J connectivity index is 1.48. The van der Waals surface area contributed by atoms with Gasteiger partial charge in [-0.05, 0) is 93.3 Å². The fourth-order valence-electron chi connectivity index (χ4n) is 5.60. The Morgan fingerprint density at radius 3 is 2.55 bits per heavy atom. The van der Waals surface area contributed by atoms with E-state index in [2.05, 4.69) is 58.7 Å². The Bertz CT molecular complexity index is 1000. The number of likely N-dealkylation sites (N-methyl/N-ethyl adjacent to an activating group) is 1. The zero-order chi connectivity index (χ0) is 23.0. The summed E-state index contributed by atoms with van der Waals surface area (Å²) in [5.41, 5.74) is 2.89. The number of halogens is 1. The Morgan fingerprint density at radius 2 is 1.88 bits per heavy atom. The Morgan fingerprint density at radius 1 is 1.15 bits per heavy atom. The van der Waals surface area contributed by atoms with Gasteiger partial charge < -0.3 is 10.0 Å². The molecule has 1 atom stereocenters. The molecule has 5 rings (SSSR count). The van der Waals surface area contributed by atoms with Crippen LogP contribution in [0.5, 0.6) is 0 Å². The molecular formula is C27H33ClN2O2S. The first-order chi connectivity index (χ1) is 16.0. The number of carbonyl (C=O) groups is 1. The van der Waals surface area contributed by atoms with Gasteiger partial charge in [-0.15, -0.1) is 0 Å². The van der Waals surface area contributed by atoms with Gasteiger partial charge in [0.1, 0.15) is 0 Å². The normalized spacial score (nSPS) is 23.1. The zero-order valence-electron chi connectivity index (χ0n) is 19.3. The van der Waals surface area contributed by atoms with E-state index in [1.54, 1.807) is 0 Å². The van der Waals surface area contributed by atoms with E-state index >= 15 is 0 Å². The molecule has 2 aromatic carbocycles. The van der Waals surface area contributed by atoms with Crippen LogP contribution >= 0.6 is 23.5 Å². The monoisotopic (exact) mass is 484 g/mol. The lowest BCUT2D eigenvalue weighted by molar-refractivity contribution is -0.143. The third-order valence-electron chi connectivity index (χ3n) is 7.94. The van der Waals surface area contributed by atoms with Crippen LogP contribution in [0.3, 0.4) is 0 Å². The molecule has 2 saturated carbocycles. The van der Waals surface area contributed by atoms with Crippen molar-refractivity contribution in [3.63, 3.8) is 0 Å². The molecule has 0 radical (unpaired) electrons. The number of fused-ring (bicyclic) bond motifs is 1. The fourth-order valence-corrected chi connectivity index (χ4v) is 6.99. The minimum absolute atomic E-state index is 0.465. The van der Waals surface area contributed by atoms with Crippen LogP contribution in [0.15, 0.2) is 47.4 Å². The molecule has 0 saturated heterocycles. The first kappa shape index (κ1) is 23.1. The molecule has 33 heavy (non-hydrogen) atoms. The van der Waals surface area contributed by atoms with Gasteiger partial charge in [0.15, 0.2) is 0 Å². The maximum atomic E-state index is 11.6. The molecule has 1 heterocycles. The number of carboxylic acids is 1.